The molecule has 0 bridgehead atoms. The molecule has 1 aliphatic heterocycles. The van der Waals surface area contributed by atoms with Gasteiger partial charge in [0.1, 0.15) is 0 Å². The predicted octanol–water partition coefficient (Wildman–Crippen LogP) is 1.72. The normalized spacial score (nSPS) is 21.9. The van der Waals surface area contributed by atoms with Crippen LogP contribution in [-0.2, 0) is 13.1 Å². The number of aromatic nitrogens is 1. The molecule has 20 heavy (non-hydrogen) atoms. The largest absolute Gasteiger partial charge is 0.314 e. The summed E-state index contributed by atoms with van der Waals surface area (Å²) in [5.74, 6) is 0. The van der Waals surface area contributed by atoms with E-state index < -0.39 is 0 Å². The van der Waals surface area contributed by atoms with Crippen molar-refractivity contribution in [2.24, 2.45) is 0 Å². The van der Waals surface area contributed by atoms with Crippen LogP contribution in [0.4, 0.5) is 0 Å². The van der Waals surface area contributed by atoms with Gasteiger partial charge in [-0.3, -0.25) is 9.88 Å². The maximum absolute atomic E-state index is 4.76. The fraction of sp³-hybridized carbons (Fsp3) is 0.688. The topological polar surface area (TPSA) is 31.4 Å². The van der Waals surface area contributed by atoms with Gasteiger partial charge in [-0.2, -0.15) is 0 Å². The van der Waals surface area contributed by atoms with E-state index in [0.717, 1.165) is 18.8 Å². The van der Waals surface area contributed by atoms with Crippen molar-refractivity contribution >= 4 is 0 Å². The molecule has 0 saturated carbocycles. The molecule has 0 spiro atoms. The molecular formula is C16H28N4. The van der Waals surface area contributed by atoms with Gasteiger partial charge in [-0.25, -0.2) is 0 Å². The average molecular weight is 276 g/mol. The Kier molecular flexibility index (Phi) is 5.95. The highest BCUT2D eigenvalue weighted by molar-refractivity contribution is 5.11. The van der Waals surface area contributed by atoms with E-state index in [2.05, 4.69) is 47.3 Å². The summed E-state index contributed by atoms with van der Waals surface area (Å²) >= 11 is 0. The summed E-state index contributed by atoms with van der Waals surface area (Å²) in [5, 5.41) is 3.17. The fourth-order valence-corrected chi connectivity index (χ4v) is 2.99. The van der Waals surface area contributed by atoms with Gasteiger partial charge < -0.3 is 10.2 Å². The van der Waals surface area contributed by atoms with Crippen molar-refractivity contribution in [2.75, 3.05) is 33.7 Å². The lowest BCUT2D eigenvalue weighted by Crippen LogP contribution is -2.39. The zero-order chi connectivity index (χ0) is 14.4. The molecule has 1 unspecified atom stereocenters. The zero-order valence-corrected chi connectivity index (χ0v) is 13.1. The lowest BCUT2D eigenvalue weighted by Gasteiger charge is -2.29. The van der Waals surface area contributed by atoms with Crippen molar-refractivity contribution < 1.29 is 0 Å². The molecule has 0 aromatic carbocycles. The minimum Gasteiger partial charge on any atom is -0.314 e. The number of nitrogens with zero attached hydrogens (tertiary/aromatic N) is 3. The monoisotopic (exact) mass is 276 g/mol. The Bertz CT molecular complexity index is 407. The quantitative estimate of drug-likeness (QED) is 0.887. The van der Waals surface area contributed by atoms with E-state index in [9.17, 15) is 0 Å². The second kappa shape index (κ2) is 7.72. The van der Waals surface area contributed by atoms with Crippen LogP contribution in [0.2, 0.25) is 0 Å². The van der Waals surface area contributed by atoms with Crippen LogP contribution in [0, 0.1) is 0 Å². The molecule has 4 nitrogen and oxygen atoms in total. The SMILES string of the molecule is CCC1CN(C)CCCN1Cc1cccc(CNC)n1. The number of nitrogens with one attached hydrogen (secondary N) is 1. The lowest BCUT2D eigenvalue weighted by atomic mass is 10.1. The third kappa shape index (κ3) is 4.27. The molecular weight excluding hydrogens is 248 g/mol. The van der Waals surface area contributed by atoms with Crippen molar-refractivity contribution in [1.82, 2.24) is 20.1 Å². The second-order valence-electron chi connectivity index (χ2n) is 5.80. The Hall–Kier alpha value is -0.970. The van der Waals surface area contributed by atoms with Crippen LogP contribution >= 0.6 is 0 Å². The first-order chi connectivity index (χ1) is 9.72. The van der Waals surface area contributed by atoms with E-state index in [4.69, 9.17) is 4.98 Å². The van der Waals surface area contributed by atoms with Gasteiger partial charge in [0.25, 0.3) is 0 Å². The van der Waals surface area contributed by atoms with Crippen LogP contribution in [0.1, 0.15) is 31.2 Å². The molecule has 0 radical (unpaired) electrons. The maximum Gasteiger partial charge on any atom is 0.0547 e. The zero-order valence-electron chi connectivity index (χ0n) is 13.1. The second-order valence-corrected chi connectivity index (χ2v) is 5.80. The van der Waals surface area contributed by atoms with Crippen LogP contribution in [-0.4, -0.2) is 54.6 Å². The third-order valence-corrected chi connectivity index (χ3v) is 4.08. The summed E-state index contributed by atoms with van der Waals surface area (Å²) in [4.78, 5) is 9.82. The molecule has 1 N–H and O–H groups in total. The number of hydrogen-bond acceptors (Lipinski definition) is 4. The van der Waals surface area contributed by atoms with E-state index >= 15 is 0 Å². The Morgan fingerprint density at radius 2 is 2.10 bits per heavy atom. The summed E-state index contributed by atoms with van der Waals surface area (Å²) in [6.07, 6.45) is 2.46. The Balaban J connectivity index is 2.04. The highest BCUT2D eigenvalue weighted by Gasteiger charge is 2.22. The van der Waals surface area contributed by atoms with Crippen LogP contribution in [0.3, 0.4) is 0 Å². The molecule has 1 aromatic rings. The van der Waals surface area contributed by atoms with Crippen molar-refractivity contribution in [1.29, 1.82) is 0 Å². The molecule has 4 heteroatoms. The first kappa shape index (κ1) is 15.4. The number of rotatable bonds is 5. The van der Waals surface area contributed by atoms with Crippen molar-refractivity contribution in [3.63, 3.8) is 0 Å². The maximum atomic E-state index is 4.76. The minimum absolute atomic E-state index is 0.650. The van der Waals surface area contributed by atoms with E-state index in [1.807, 2.05) is 7.05 Å². The summed E-state index contributed by atoms with van der Waals surface area (Å²) in [5.41, 5.74) is 2.32. The van der Waals surface area contributed by atoms with Crippen LogP contribution in [0.25, 0.3) is 0 Å². The molecule has 0 aliphatic carbocycles. The lowest BCUT2D eigenvalue weighted by molar-refractivity contribution is 0.174. The Morgan fingerprint density at radius 1 is 1.30 bits per heavy atom. The van der Waals surface area contributed by atoms with Gasteiger partial charge in [0.15, 0.2) is 0 Å². The van der Waals surface area contributed by atoms with Crippen molar-refractivity contribution in [2.45, 2.75) is 38.9 Å². The Labute approximate surface area is 123 Å². The van der Waals surface area contributed by atoms with Gasteiger partial charge in [0.2, 0.25) is 0 Å². The van der Waals surface area contributed by atoms with Crippen molar-refractivity contribution in [3.8, 4) is 0 Å². The number of likely N-dealkylation sites (N-methyl/N-ethyl adjacent to an activating group) is 1. The van der Waals surface area contributed by atoms with Gasteiger partial charge in [0, 0.05) is 32.2 Å². The summed E-state index contributed by atoms with van der Waals surface area (Å²) in [6.45, 7) is 7.67. The van der Waals surface area contributed by atoms with Gasteiger partial charge >= 0.3 is 0 Å². The Morgan fingerprint density at radius 3 is 2.85 bits per heavy atom. The van der Waals surface area contributed by atoms with E-state index in [1.54, 1.807) is 0 Å². The molecule has 2 heterocycles. The van der Waals surface area contributed by atoms with E-state index in [-0.39, 0.29) is 0 Å². The van der Waals surface area contributed by atoms with Crippen LogP contribution in [0.5, 0.6) is 0 Å². The van der Waals surface area contributed by atoms with E-state index in [0.29, 0.717) is 6.04 Å². The molecule has 0 amide bonds. The molecule has 1 aromatic heterocycles. The minimum atomic E-state index is 0.650. The predicted molar refractivity (Wildman–Crippen MR) is 83.6 cm³/mol. The van der Waals surface area contributed by atoms with Crippen molar-refractivity contribution in [3.05, 3.63) is 29.6 Å². The standard InChI is InChI=1S/C16H28N4/c1-4-16-13-19(3)9-6-10-20(16)12-15-8-5-7-14(18-15)11-17-2/h5,7-8,16-17H,4,6,9-13H2,1-3H3. The molecule has 1 aliphatic rings. The molecule has 1 atom stereocenters. The third-order valence-electron chi connectivity index (χ3n) is 4.08. The number of hydrogen-bond donors (Lipinski definition) is 1. The first-order valence-corrected chi connectivity index (χ1v) is 7.75. The van der Waals surface area contributed by atoms with Crippen LogP contribution in [0.15, 0.2) is 18.2 Å². The number of pyridine rings is 1. The summed E-state index contributed by atoms with van der Waals surface area (Å²) < 4.78 is 0. The molecule has 1 fully saturated rings. The van der Waals surface area contributed by atoms with Gasteiger partial charge in [-0.05, 0) is 45.6 Å². The molecule has 1 saturated heterocycles. The average Bonchev–Trinajstić information content (AvgIpc) is 2.61. The molecule has 112 valence electrons. The highest BCUT2D eigenvalue weighted by Crippen LogP contribution is 2.15. The van der Waals surface area contributed by atoms with Gasteiger partial charge in [-0.1, -0.05) is 13.0 Å². The molecule has 2 rings (SSSR count). The van der Waals surface area contributed by atoms with Gasteiger partial charge in [0.05, 0.1) is 11.4 Å². The van der Waals surface area contributed by atoms with Gasteiger partial charge in [-0.15, -0.1) is 0 Å². The smallest absolute Gasteiger partial charge is 0.0547 e. The fourth-order valence-electron chi connectivity index (χ4n) is 2.99. The van der Waals surface area contributed by atoms with Crippen LogP contribution < -0.4 is 5.32 Å². The van der Waals surface area contributed by atoms with E-state index in [1.165, 1.54) is 38.2 Å². The summed E-state index contributed by atoms with van der Waals surface area (Å²) in [6, 6.07) is 7.02. The summed E-state index contributed by atoms with van der Waals surface area (Å²) in [7, 11) is 4.20. The highest BCUT2D eigenvalue weighted by atomic mass is 15.2. The first-order valence-electron chi connectivity index (χ1n) is 7.75.